The van der Waals surface area contributed by atoms with E-state index in [1.165, 1.54) is 0 Å². The Kier molecular flexibility index (Phi) is 1.95. The van der Waals surface area contributed by atoms with Crippen molar-refractivity contribution in [2.45, 2.75) is 13.8 Å². The normalized spacial score (nSPS) is 11.2. The van der Waals surface area contributed by atoms with Crippen LogP contribution in [0.3, 0.4) is 0 Å². The van der Waals surface area contributed by atoms with E-state index in [9.17, 15) is 0 Å². The Balaban J connectivity index is 2.21. The molecule has 5 nitrogen and oxygen atoms in total. The van der Waals surface area contributed by atoms with Crippen LogP contribution in [0, 0.1) is 13.8 Å². The average molecular weight is 228 g/mol. The van der Waals surface area contributed by atoms with Crippen LogP contribution in [0.1, 0.15) is 11.4 Å². The fourth-order valence-electron chi connectivity index (χ4n) is 1.84. The Hall–Kier alpha value is -2.30. The van der Waals surface area contributed by atoms with Gasteiger partial charge in [0.25, 0.3) is 0 Å². The second-order valence-electron chi connectivity index (χ2n) is 4.06. The topological polar surface area (TPSA) is 69.9 Å². The predicted octanol–water partition coefficient (Wildman–Crippen LogP) is 2.21. The van der Waals surface area contributed by atoms with Crippen LogP contribution in [-0.4, -0.2) is 14.8 Å². The molecule has 0 saturated heterocycles. The highest BCUT2D eigenvalue weighted by atomic mass is 16.4. The Morgan fingerprint density at radius 3 is 2.76 bits per heavy atom. The third kappa shape index (κ3) is 1.56. The number of aromatic nitrogens is 3. The summed E-state index contributed by atoms with van der Waals surface area (Å²) in [6, 6.07) is 7.84. The molecule has 1 aromatic carbocycles. The van der Waals surface area contributed by atoms with E-state index >= 15 is 0 Å². The molecular formula is C12H12N4O. The molecule has 0 aliphatic heterocycles. The molecule has 0 unspecified atom stereocenters. The maximum absolute atomic E-state index is 5.70. The number of oxazole rings is 1. The van der Waals surface area contributed by atoms with Crippen LogP contribution in [0.2, 0.25) is 0 Å². The maximum Gasteiger partial charge on any atom is 0.324 e. The van der Waals surface area contributed by atoms with Crippen molar-refractivity contribution in [1.29, 1.82) is 0 Å². The Bertz CT molecular complexity index is 696. The summed E-state index contributed by atoms with van der Waals surface area (Å²) in [4.78, 5) is 4.38. The monoisotopic (exact) mass is 228 g/mol. The largest absolute Gasteiger partial charge is 0.422 e. The zero-order chi connectivity index (χ0) is 12.0. The summed E-state index contributed by atoms with van der Waals surface area (Å²) in [6.07, 6.45) is 0. The van der Waals surface area contributed by atoms with E-state index in [-0.39, 0.29) is 0 Å². The first-order valence-corrected chi connectivity index (χ1v) is 5.33. The number of hydrogen-bond donors (Lipinski definition) is 1. The van der Waals surface area contributed by atoms with Gasteiger partial charge < -0.3 is 10.2 Å². The molecule has 3 aromatic rings. The van der Waals surface area contributed by atoms with Gasteiger partial charge in [0.15, 0.2) is 5.58 Å². The number of nitrogens with zero attached hydrogens (tertiary/aromatic N) is 3. The number of aryl methyl sites for hydroxylation is 2. The van der Waals surface area contributed by atoms with E-state index in [0.717, 1.165) is 16.9 Å². The molecule has 2 aromatic heterocycles. The fourth-order valence-corrected chi connectivity index (χ4v) is 1.84. The lowest BCUT2D eigenvalue weighted by Crippen LogP contribution is -1.98. The summed E-state index contributed by atoms with van der Waals surface area (Å²) in [6.45, 7) is 3.90. The molecule has 0 fully saturated rings. The van der Waals surface area contributed by atoms with Crippen LogP contribution in [0.5, 0.6) is 0 Å². The summed E-state index contributed by atoms with van der Waals surface area (Å²) in [7, 11) is 0. The number of nitrogens with two attached hydrogens (primary N) is 1. The highest BCUT2D eigenvalue weighted by molar-refractivity contribution is 5.77. The maximum atomic E-state index is 5.70. The molecule has 0 radical (unpaired) electrons. The van der Waals surface area contributed by atoms with Crippen LogP contribution in [0.4, 0.5) is 5.69 Å². The molecule has 86 valence electrons. The van der Waals surface area contributed by atoms with Gasteiger partial charge in [0.05, 0.1) is 5.69 Å². The van der Waals surface area contributed by atoms with E-state index in [2.05, 4.69) is 10.1 Å². The van der Waals surface area contributed by atoms with E-state index in [1.54, 1.807) is 16.8 Å². The number of hydrogen-bond acceptors (Lipinski definition) is 4. The minimum atomic E-state index is 0.469. The second-order valence-corrected chi connectivity index (χ2v) is 4.06. The van der Waals surface area contributed by atoms with Crippen LogP contribution in [-0.2, 0) is 0 Å². The van der Waals surface area contributed by atoms with Crippen molar-refractivity contribution in [2.75, 3.05) is 5.73 Å². The first-order valence-electron chi connectivity index (χ1n) is 5.33. The lowest BCUT2D eigenvalue weighted by Gasteiger charge is -1.95. The second kappa shape index (κ2) is 3.35. The molecule has 0 atom stereocenters. The van der Waals surface area contributed by atoms with Gasteiger partial charge in [-0.2, -0.15) is 14.8 Å². The molecule has 0 amide bonds. The van der Waals surface area contributed by atoms with Crippen molar-refractivity contribution >= 4 is 16.8 Å². The summed E-state index contributed by atoms with van der Waals surface area (Å²) < 4.78 is 7.32. The van der Waals surface area contributed by atoms with Crippen LogP contribution in [0.15, 0.2) is 28.7 Å². The number of benzene rings is 1. The van der Waals surface area contributed by atoms with Crippen molar-refractivity contribution in [2.24, 2.45) is 0 Å². The van der Waals surface area contributed by atoms with E-state index < -0.39 is 0 Å². The van der Waals surface area contributed by atoms with Gasteiger partial charge in [-0.3, -0.25) is 0 Å². The minimum absolute atomic E-state index is 0.469. The minimum Gasteiger partial charge on any atom is -0.422 e. The molecule has 0 aliphatic carbocycles. The predicted molar refractivity (Wildman–Crippen MR) is 65.0 cm³/mol. The summed E-state index contributed by atoms with van der Waals surface area (Å²) in [5, 5.41) is 4.33. The van der Waals surface area contributed by atoms with Gasteiger partial charge in [0, 0.05) is 17.4 Å². The third-order valence-electron chi connectivity index (χ3n) is 2.59. The smallest absolute Gasteiger partial charge is 0.324 e. The third-order valence-corrected chi connectivity index (χ3v) is 2.59. The van der Waals surface area contributed by atoms with Crippen molar-refractivity contribution in [3.05, 3.63) is 35.7 Å². The fraction of sp³-hybridized carbons (Fsp3) is 0.167. The molecular weight excluding hydrogens is 216 g/mol. The molecule has 0 saturated carbocycles. The highest BCUT2D eigenvalue weighted by Gasteiger charge is 2.11. The number of anilines is 1. The van der Waals surface area contributed by atoms with Gasteiger partial charge in [-0.15, -0.1) is 0 Å². The van der Waals surface area contributed by atoms with Gasteiger partial charge in [0.2, 0.25) is 0 Å². The molecule has 0 spiro atoms. The summed E-state index contributed by atoms with van der Waals surface area (Å²) in [5.41, 5.74) is 9.73. The van der Waals surface area contributed by atoms with E-state index in [1.807, 2.05) is 26.0 Å². The molecule has 0 aliphatic rings. The van der Waals surface area contributed by atoms with Gasteiger partial charge in [-0.25, -0.2) is 0 Å². The zero-order valence-corrected chi connectivity index (χ0v) is 9.64. The van der Waals surface area contributed by atoms with Gasteiger partial charge in [-0.05, 0) is 32.0 Å². The summed E-state index contributed by atoms with van der Waals surface area (Å²) >= 11 is 0. The Labute approximate surface area is 97.9 Å². The van der Waals surface area contributed by atoms with Crippen LogP contribution >= 0.6 is 0 Å². The first kappa shape index (κ1) is 9.89. The Morgan fingerprint density at radius 1 is 1.24 bits per heavy atom. The summed E-state index contributed by atoms with van der Waals surface area (Å²) in [5.74, 6) is 0. The average Bonchev–Trinajstić information content (AvgIpc) is 2.80. The molecule has 17 heavy (non-hydrogen) atoms. The van der Waals surface area contributed by atoms with Crippen LogP contribution < -0.4 is 5.73 Å². The highest BCUT2D eigenvalue weighted by Crippen LogP contribution is 2.21. The number of rotatable bonds is 1. The van der Waals surface area contributed by atoms with E-state index in [4.69, 9.17) is 10.2 Å². The van der Waals surface area contributed by atoms with Crippen LogP contribution in [0.25, 0.3) is 17.1 Å². The zero-order valence-electron chi connectivity index (χ0n) is 9.64. The quantitative estimate of drug-likeness (QED) is 0.648. The molecule has 0 bridgehead atoms. The lowest BCUT2D eigenvalue weighted by atomic mass is 10.3. The first-order chi connectivity index (χ1) is 8.13. The SMILES string of the molecule is Cc1cc(C)n(-c2nc3ccc(N)cc3o2)n1. The van der Waals surface area contributed by atoms with Crippen molar-refractivity contribution in [3.8, 4) is 6.01 Å². The molecule has 2 N–H and O–H groups in total. The molecule has 5 heteroatoms. The standard InChI is InChI=1S/C12H12N4O/c1-7-5-8(2)16(15-7)12-14-10-4-3-9(13)6-11(10)17-12/h3-6H,13H2,1-2H3. The van der Waals surface area contributed by atoms with Gasteiger partial charge in [-0.1, -0.05) is 0 Å². The number of fused-ring (bicyclic) bond motifs is 1. The van der Waals surface area contributed by atoms with Crippen molar-refractivity contribution in [3.63, 3.8) is 0 Å². The number of nitrogen functional groups attached to an aromatic ring is 1. The molecule has 2 heterocycles. The van der Waals surface area contributed by atoms with E-state index in [0.29, 0.717) is 17.3 Å². The van der Waals surface area contributed by atoms with Gasteiger partial charge >= 0.3 is 6.01 Å². The Morgan fingerprint density at radius 2 is 2.06 bits per heavy atom. The van der Waals surface area contributed by atoms with Crippen molar-refractivity contribution in [1.82, 2.24) is 14.8 Å². The van der Waals surface area contributed by atoms with Gasteiger partial charge in [0.1, 0.15) is 5.52 Å². The van der Waals surface area contributed by atoms with Crippen molar-refractivity contribution < 1.29 is 4.42 Å². The lowest BCUT2D eigenvalue weighted by molar-refractivity contribution is 0.537. The molecule has 3 rings (SSSR count).